The van der Waals surface area contributed by atoms with E-state index >= 15 is 0 Å². The van der Waals surface area contributed by atoms with Crippen LogP contribution in [0.15, 0.2) is 30.2 Å². The average Bonchev–Trinajstić information content (AvgIpc) is 3.06. The second-order valence-electron chi connectivity index (χ2n) is 9.27. The third-order valence-corrected chi connectivity index (χ3v) is 6.18. The Morgan fingerprint density at radius 3 is 2.66 bits per heavy atom. The van der Waals surface area contributed by atoms with Crippen molar-refractivity contribution in [3.05, 3.63) is 47.3 Å². The fourth-order valence-corrected chi connectivity index (χ4v) is 4.06. The minimum atomic E-state index is -0.758. The molecule has 5 N–H and O–H groups in total. The van der Waals surface area contributed by atoms with E-state index < -0.39 is 5.97 Å². The summed E-state index contributed by atoms with van der Waals surface area (Å²) in [6, 6.07) is 5.39. The van der Waals surface area contributed by atoms with Gasteiger partial charge < -0.3 is 25.3 Å². The van der Waals surface area contributed by atoms with E-state index in [1.54, 1.807) is 19.2 Å². The number of carboxylic acids is 1. The Labute approximate surface area is 206 Å². The molecule has 0 aromatic carbocycles. The van der Waals surface area contributed by atoms with Crippen LogP contribution >= 0.6 is 0 Å². The lowest BCUT2D eigenvalue weighted by molar-refractivity contribution is -0.142. The number of ether oxygens (including phenoxy) is 2. The van der Waals surface area contributed by atoms with Gasteiger partial charge in [0.15, 0.2) is 0 Å². The molecule has 0 amide bonds. The standard InChI is InChI=1S/C25H36N6O4/c1-15(2)20-12-23(29-14-28-20)34-13-21(31(4)27)24(26)19-9-10-22(16(3)30-19)35-18-8-6-5-7-17(11-18)25(32)33/h9-10,12,14-15,17-18H,5-8,11,13,26-27H2,1-4H3,(H,32,33)/b24-21-. The summed E-state index contributed by atoms with van der Waals surface area (Å²) in [7, 11) is 1.68. The molecule has 10 nitrogen and oxygen atoms in total. The maximum absolute atomic E-state index is 11.5. The van der Waals surface area contributed by atoms with E-state index in [2.05, 4.69) is 15.0 Å². The van der Waals surface area contributed by atoms with Crippen LogP contribution in [0.5, 0.6) is 11.6 Å². The Bertz CT molecular complexity index is 1060. The maximum atomic E-state index is 11.5. The number of carbonyl (C=O) groups is 1. The van der Waals surface area contributed by atoms with Crippen LogP contribution in [0.25, 0.3) is 5.70 Å². The summed E-state index contributed by atoms with van der Waals surface area (Å²) in [5, 5.41) is 10.8. The molecule has 3 rings (SSSR count). The van der Waals surface area contributed by atoms with Gasteiger partial charge in [-0.05, 0) is 50.7 Å². The SMILES string of the molecule is Cc1nc(/C(N)=C(\COc2cc(C(C)C)ncn2)N(C)N)ccc1OC1CCCCC(C(=O)O)C1. The Kier molecular flexibility index (Phi) is 8.86. The summed E-state index contributed by atoms with van der Waals surface area (Å²) in [4.78, 5) is 24.5. The zero-order valence-electron chi connectivity index (χ0n) is 20.9. The van der Waals surface area contributed by atoms with Crippen LogP contribution in [-0.4, -0.2) is 50.8 Å². The number of hydrazine groups is 1. The molecule has 0 spiro atoms. The molecule has 0 radical (unpaired) electrons. The lowest BCUT2D eigenvalue weighted by atomic mass is 9.99. The van der Waals surface area contributed by atoms with Crippen molar-refractivity contribution >= 4 is 11.7 Å². The Balaban J connectivity index is 1.75. The van der Waals surface area contributed by atoms with Crippen LogP contribution in [0, 0.1) is 12.8 Å². The third kappa shape index (κ3) is 7.05. The number of hydrogen-bond acceptors (Lipinski definition) is 9. The molecule has 0 bridgehead atoms. The third-order valence-electron chi connectivity index (χ3n) is 6.18. The Morgan fingerprint density at radius 2 is 2.00 bits per heavy atom. The number of nitrogens with two attached hydrogens (primary N) is 2. The van der Waals surface area contributed by atoms with Crippen molar-refractivity contribution in [2.24, 2.45) is 17.5 Å². The molecule has 10 heteroatoms. The van der Waals surface area contributed by atoms with Crippen LogP contribution < -0.4 is 21.1 Å². The predicted octanol–water partition coefficient (Wildman–Crippen LogP) is 3.23. The molecule has 2 unspecified atom stereocenters. The number of nitrogens with zero attached hydrogens (tertiary/aromatic N) is 4. The molecule has 0 saturated heterocycles. The molecule has 2 heterocycles. The van der Waals surface area contributed by atoms with Crippen LogP contribution in [0.3, 0.4) is 0 Å². The second-order valence-corrected chi connectivity index (χ2v) is 9.27. The quantitative estimate of drug-likeness (QED) is 0.275. The predicted molar refractivity (Wildman–Crippen MR) is 132 cm³/mol. The highest BCUT2D eigenvalue weighted by Gasteiger charge is 2.27. The van der Waals surface area contributed by atoms with Crippen LogP contribution in [-0.2, 0) is 4.79 Å². The molecular weight excluding hydrogens is 448 g/mol. The van der Waals surface area contributed by atoms with Gasteiger partial charge in [0.2, 0.25) is 5.88 Å². The molecule has 1 saturated carbocycles. The molecule has 190 valence electrons. The molecular formula is C25H36N6O4. The second kappa shape index (κ2) is 11.8. The van der Waals surface area contributed by atoms with E-state index in [9.17, 15) is 9.90 Å². The van der Waals surface area contributed by atoms with Crippen molar-refractivity contribution in [2.45, 2.75) is 64.9 Å². The highest BCUT2D eigenvalue weighted by molar-refractivity contribution is 5.70. The molecule has 2 atom stereocenters. The Hall–Kier alpha value is -3.40. The zero-order valence-corrected chi connectivity index (χ0v) is 20.9. The van der Waals surface area contributed by atoms with E-state index in [0.717, 1.165) is 25.0 Å². The number of pyridine rings is 1. The van der Waals surface area contributed by atoms with Gasteiger partial charge in [0.25, 0.3) is 0 Å². The fourth-order valence-electron chi connectivity index (χ4n) is 4.06. The number of likely N-dealkylation sites (N-methyl/N-ethyl adjacent to an activating group) is 1. The highest BCUT2D eigenvalue weighted by Crippen LogP contribution is 2.29. The van der Waals surface area contributed by atoms with Crippen molar-refractivity contribution in [1.82, 2.24) is 20.0 Å². The summed E-state index contributed by atoms with van der Waals surface area (Å²) in [6.07, 6.45) is 5.19. The van der Waals surface area contributed by atoms with Crippen molar-refractivity contribution in [1.29, 1.82) is 0 Å². The molecule has 35 heavy (non-hydrogen) atoms. The number of aryl methyl sites for hydroxylation is 1. The molecule has 1 aliphatic carbocycles. The van der Waals surface area contributed by atoms with Gasteiger partial charge >= 0.3 is 5.97 Å². The number of aromatic nitrogens is 3. The number of aliphatic carboxylic acids is 1. The van der Waals surface area contributed by atoms with Crippen molar-refractivity contribution < 1.29 is 19.4 Å². The van der Waals surface area contributed by atoms with E-state index in [0.29, 0.717) is 47.3 Å². The summed E-state index contributed by atoms with van der Waals surface area (Å²) in [6.45, 7) is 6.04. The van der Waals surface area contributed by atoms with Crippen LogP contribution in [0.1, 0.15) is 69.0 Å². The topological polar surface area (TPSA) is 150 Å². The minimum Gasteiger partial charge on any atom is -0.489 e. The first-order valence-electron chi connectivity index (χ1n) is 11.9. The lowest BCUT2D eigenvalue weighted by Crippen LogP contribution is -2.31. The molecule has 2 aromatic heterocycles. The molecule has 1 aliphatic rings. The van der Waals surface area contributed by atoms with Gasteiger partial charge in [-0.15, -0.1) is 0 Å². The minimum absolute atomic E-state index is 0.102. The number of carboxylic acid groups (broad SMARTS) is 1. The first-order valence-corrected chi connectivity index (χ1v) is 11.9. The monoisotopic (exact) mass is 484 g/mol. The zero-order chi connectivity index (χ0) is 25.5. The van der Waals surface area contributed by atoms with Gasteiger partial charge in [-0.2, -0.15) is 0 Å². The fraction of sp³-hybridized carbons (Fsp3) is 0.520. The first-order chi connectivity index (χ1) is 16.7. The molecule has 0 aliphatic heterocycles. The van der Waals surface area contributed by atoms with E-state index in [4.69, 9.17) is 21.1 Å². The normalized spacial score (nSPS) is 19.0. The van der Waals surface area contributed by atoms with Gasteiger partial charge in [0, 0.05) is 13.1 Å². The van der Waals surface area contributed by atoms with Gasteiger partial charge in [-0.25, -0.2) is 20.8 Å². The number of hydrogen-bond donors (Lipinski definition) is 3. The lowest BCUT2D eigenvalue weighted by Gasteiger charge is -2.22. The summed E-state index contributed by atoms with van der Waals surface area (Å²) >= 11 is 0. The van der Waals surface area contributed by atoms with Gasteiger partial charge in [0.05, 0.1) is 40.5 Å². The highest BCUT2D eigenvalue weighted by atomic mass is 16.5. The van der Waals surface area contributed by atoms with E-state index in [1.807, 2.05) is 26.8 Å². The van der Waals surface area contributed by atoms with E-state index in [1.165, 1.54) is 11.3 Å². The van der Waals surface area contributed by atoms with Gasteiger partial charge in [-0.1, -0.05) is 20.3 Å². The van der Waals surface area contributed by atoms with Crippen molar-refractivity contribution in [2.75, 3.05) is 13.7 Å². The largest absolute Gasteiger partial charge is 0.489 e. The van der Waals surface area contributed by atoms with Gasteiger partial charge in [0.1, 0.15) is 18.7 Å². The Morgan fingerprint density at radius 1 is 1.26 bits per heavy atom. The average molecular weight is 485 g/mol. The number of rotatable bonds is 9. The van der Waals surface area contributed by atoms with E-state index in [-0.39, 0.29) is 24.5 Å². The van der Waals surface area contributed by atoms with Crippen molar-refractivity contribution in [3.63, 3.8) is 0 Å². The summed E-state index contributed by atoms with van der Waals surface area (Å²) in [5.74, 6) is 6.22. The van der Waals surface area contributed by atoms with Crippen LogP contribution in [0.4, 0.5) is 0 Å². The maximum Gasteiger partial charge on any atom is 0.306 e. The van der Waals surface area contributed by atoms with Crippen LogP contribution in [0.2, 0.25) is 0 Å². The molecule has 2 aromatic rings. The molecule has 1 fully saturated rings. The summed E-state index contributed by atoms with van der Waals surface area (Å²) < 4.78 is 12.0. The smallest absolute Gasteiger partial charge is 0.306 e. The van der Waals surface area contributed by atoms with Crippen molar-refractivity contribution in [3.8, 4) is 11.6 Å². The first kappa shape index (κ1) is 26.2. The summed E-state index contributed by atoms with van der Waals surface area (Å²) in [5.41, 5.74) is 9.45. The van der Waals surface area contributed by atoms with Gasteiger partial charge in [-0.3, -0.25) is 4.79 Å².